The highest BCUT2D eigenvalue weighted by Gasteiger charge is 2.06. The van der Waals surface area contributed by atoms with Gasteiger partial charge in [-0.2, -0.15) is 5.10 Å². The molecule has 0 atom stereocenters. The number of hydrogen-bond acceptors (Lipinski definition) is 4. The second-order valence-electron chi connectivity index (χ2n) is 5.35. The van der Waals surface area contributed by atoms with Crippen LogP contribution in [0.3, 0.4) is 0 Å². The van der Waals surface area contributed by atoms with E-state index in [0.717, 1.165) is 29.1 Å². The number of aryl methyl sites for hydroxylation is 1. The van der Waals surface area contributed by atoms with Gasteiger partial charge in [-0.05, 0) is 23.8 Å². The second-order valence-corrected chi connectivity index (χ2v) is 5.74. The van der Waals surface area contributed by atoms with Crippen LogP contribution in [0.2, 0.25) is 0 Å². The predicted octanol–water partition coefficient (Wildman–Crippen LogP) is 3.83. The lowest BCUT2D eigenvalue weighted by atomic mass is 10.2. The van der Waals surface area contributed by atoms with Gasteiger partial charge in [-0.1, -0.05) is 55.5 Å². The molecule has 2 aromatic carbocycles. The first-order chi connectivity index (χ1) is 11.8. The van der Waals surface area contributed by atoms with Crippen molar-refractivity contribution < 1.29 is 4.74 Å². The molecule has 0 spiro atoms. The molecule has 3 rings (SSSR count). The van der Waals surface area contributed by atoms with Crippen LogP contribution in [0.15, 0.2) is 54.6 Å². The molecule has 124 valence electrons. The Bertz CT molecular complexity index is 841. The first-order valence-electron chi connectivity index (χ1n) is 7.92. The minimum Gasteiger partial charge on any atom is -0.489 e. The molecule has 0 unspecified atom stereocenters. The van der Waals surface area contributed by atoms with Crippen LogP contribution in [-0.2, 0) is 19.6 Å². The van der Waals surface area contributed by atoms with Crippen molar-refractivity contribution in [1.29, 1.82) is 0 Å². The van der Waals surface area contributed by atoms with Gasteiger partial charge in [0.25, 0.3) is 0 Å². The third kappa shape index (κ3) is 3.83. The van der Waals surface area contributed by atoms with Gasteiger partial charge in [0.1, 0.15) is 12.4 Å². The maximum absolute atomic E-state index is 5.98. The van der Waals surface area contributed by atoms with Gasteiger partial charge in [0.15, 0.2) is 5.82 Å². The van der Waals surface area contributed by atoms with Gasteiger partial charge in [0.2, 0.25) is 4.77 Å². The van der Waals surface area contributed by atoms with Crippen LogP contribution in [0.1, 0.15) is 23.9 Å². The summed E-state index contributed by atoms with van der Waals surface area (Å²) >= 11 is 5.25. The lowest BCUT2D eigenvalue weighted by Crippen LogP contribution is -2.17. The second kappa shape index (κ2) is 7.79. The molecule has 0 saturated heterocycles. The first-order valence-corrected chi connectivity index (χ1v) is 8.33. The summed E-state index contributed by atoms with van der Waals surface area (Å²) in [6.45, 7) is 3.19. The molecule has 2 N–H and O–H groups in total. The quantitative estimate of drug-likeness (QED) is 0.642. The van der Waals surface area contributed by atoms with E-state index in [1.807, 2.05) is 54.1 Å². The van der Waals surface area contributed by atoms with Gasteiger partial charge >= 0.3 is 0 Å². The highest BCUT2D eigenvalue weighted by Crippen LogP contribution is 2.19. The number of hydrogen-bond donors (Lipinski definition) is 2. The lowest BCUT2D eigenvalue weighted by molar-refractivity contribution is 0.303. The monoisotopic (exact) mass is 340 g/mol. The molecule has 0 amide bonds. The zero-order valence-electron chi connectivity index (χ0n) is 13.5. The van der Waals surface area contributed by atoms with Gasteiger partial charge in [0, 0.05) is 12.0 Å². The third-order valence-corrected chi connectivity index (χ3v) is 3.97. The fourth-order valence-corrected chi connectivity index (χ4v) is 2.64. The Kier molecular flexibility index (Phi) is 5.28. The molecule has 1 heterocycles. The average molecular weight is 340 g/mol. The molecule has 6 heteroatoms. The number of H-pyrrole nitrogens is 1. The molecular weight excluding hydrogens is 320 g/mol. The Morgan fingerprint density at radius 2 is 1.88 bits per heavy atom. The molecular formula is C18H20N4OS. The summed E-state index contributed by atoms with van der Waals surface area (Å²) in [7, 11) is 0. The number of aromatic amines is 1. The Balaban J connectivity index is 1.70. The van der Waals surface area contributed by atoms with Crippen molar-refractivity contribution >= 4 is 12.2 Å². The zero-order chi connectivity index (χ0) is 16.8. The van der Waals surface area contributed by atoms with E-state index in [1.54, 1.807) is 0 Å². The van der Waals surface area contributed by atoms with Crippen molar-refractivity contribution in [3.05, 3.63) is 76.3 Å². The van der Waals surface area contributed by atoms with Gasteiger partial charge in [0.05, 0.1) is 6.54 Å². The summed E-state index contributed by atoms with van der Waals surface area (Å²) < 4.78 is 8.35. The average Bonchev–Trinajstić information content (AvgIpc) is 2.99. The number of benzene rings is 2. The van der Waals surface area contributed by atoms with Crippen LogP contribution in [0.25, 0.3) is 0 Å². The van der Waals surface area contributed by atoms with E-state index >= 15 is 0 Å². The first kappa shape index (κ1) is 16.3. The molecule has 0 bridgehead atoms. The summed E-state index contributed by atoms with van der Waals surface area (Å²) in [5, 5.41) is 7.00. The summed E-state index contributed by atoms with van der Waals surface area (Å²) in [4.78, 5) is 0. The Morgan fingerprint density at radius 3 is 2.67 bits per heavy atom. The molecule has 3 aromatic rings. The number of rotatable bonds is 7. The number of nitrogens with one attached hydrogen (secondary N) is 2. The van der Waals surface area contributed by atoms with Crippen molar-refractivity contribution in [3.63, 3.8) is 0 Å². The predicted molar refractivity (Wildman–Crippen MR) is 97.1 cm³/mol. The molecule has 5 nitrogen and oxygen atoms in total. The largest absolute Gasteiger partial charge is 0.489 e. The fourth-order valence-electron chi connectivity index (χ4n) is 2.42. The minimum absolute atomic E-state index is 0.545. The Hall–Kier alpha value is -2.60. The van der Waals surface area contributed by atoms with Crippen molar-refractivity contribution in [2.45, 2.75) is 26.5 Å². The van der Waals surface area contributed by atoms with E-state index in [9.17, 15) is 0 Å². The number of ether oxygens (including phenoxy) is 1. The Morgan fingerprint density at radius 1 is 1.12 bits per heavy atom. The van der Waals surface area contributed by atoms with Gasteiger partial charge in [-0.25, -0.2) is 4.68 Å². The maximum atomic E-state index is 5.98. The summed E-state index contributed by atoms with van der Waals surface area (Å²) in [6.07, 6.45) is 0.798. The van der Waals surface area contributed by atoms with Crippen LogP contribution in [0.5, 0.6) is 5.75 Å². The number of para-hydroxylation sites is 1. The summed E-state index contributed by atoms with van der Waals surface area (Å²) in [6, 6.07) is 18.1. The molecule has 1 aromatic heterocycles. The van der Waals surface area contributed by atoms with Crippen molar-refractivity contribution in [1.82, 2.24) is 14.9 Å². The zero-order valence-corrected chi connectivity index (χ0v) is 14.3. The van der Waals surface area contributed by atoms with Gasteiger partial charge in [-0.15, -0.1) is 0 Å². The minimum atomic E-state index is 0.545. The molecule has 0 saturated carbocycles. The third-order valence-electron chi connectivity index (χ3n) is 3.70. The molecule has 0 aliphatic heterocycles. The summed E-state index contributed by atoms with van der Waals surface area (Å²) in [5.41, 5.74) is 5.52. The molecule has 0 aliphatic rings. The van der Waals surface area contributed by atoms with E-state index in [2.05, 4.69) is 27.8 Å². The molecule has 24 heavy (non-hydrogen) atoms. The van der Waals surface area contributed by atoms with Crippen LogP contribution >= 0.6 is 12.2 Å². The normalized spacial score (nSPS) is 10.5. The van der Waals surface area contributed by atoms with E-state index < -0.39 is 0 Å². The van der Waals surface area contributed by atoms with Gasteiger partial charge < -0.3 is 10.2 Å². The highest BCUT2D eigenvalue weighted by atomic mass is 32.1. The molecule has 0 radical (unpaired) electrons. The van der Waals surface area contributed by atoms with Crippen LogP contribution in [0, 0.1) is 4.77 Å². The number of aromatic nitrogens is 3. The van der Waals surface area contributed by atoms with Crippen molar-refractivity contribution in [3.8, 4) is 5.75 Å². The maximum Gasteiger partial charge on any atom is 0.214 e. The lowest BCUT2D eigenvalue weighted by Gasteiger charge is -2.14. The van der Waals surface area contributed by atoms with Crippen molar-refractivity contribution in [2.75, 3.05) is 5.43 Å². The smallest absolute Gasteiger partial charge is 0.214 e. The van der Waals surface area contributed by atoms with Crippen LogP contribution in [-0.4, -0.2) is 14.9 Å². The summed E-state index contributed by atoms with van der Waals surface area (Å²) in [5.74, 6) is 1.74. The van der Waals surface area contributed by atoms with Crippen LogP contribution < -0.4 is 10.2 Å². The topological polar surface area (TPSA) is 54.9 Å². The van der Waals surface area contributed by atoms with E-state index in [1.165, 1.54) is 0 Å². The Labute approximate surface area is 146 Å². The highest BCUT2D eigenvalue weighted by molar-refractivity contribution is 7.71. The molecule has 0 aliphatic carbocycles. The SMILES string of the molecule is CCc1n[nH]c(=S)n1NCc1ccccc1OCc1ccccc1. The van der Waals surface area contributed by atoms with Gasteiger partial charge in [-0.3, -0.25) is 5.10 Å². The standard InChI is InChI=1S/C18H20N4OS/c1-2-17-20-21-18(24)22(17)19-12-15-10-6-7-11-16(15)23-13-14-8-4-3-5-9-14/h3-11,19H,2,12-13H2,1H3,(H,21,24). The fraction of sp³-hybridized carbons (Fsp3) is 0.222. The molecule has 0 fully saturated rings. The van der Waals surface area contributed by atoms with E-state index in [-0.39, 0.29) is 0 Å². The van der Waals surface area contributed by atoms with E-state index in [4.69, 9.17) is 17.0 Å². The van der Waals surface area contributed by atoms with E-state index in [0.29, 0.717) is 17.9 Å². The van der Waals surface area contributed by atoms with Crippen LogP contribution in [0.4, 0.5) is 0 Å². The van der Waals surface area contributed by atoms with Crippen molar-refractivity contribution in [2.24, 2.45) is 0 Å². The number of nitrogens with zero attached hydrogens (tertiary/aromatic N) is 2.